The number of nitrogens with two attached hydrogens (primary N) is 1. The van der Waals surface area contributed by atoms with E-state index in [0.717, 1.165) is 24.3 Å². The SMILES string of the molecule is NC(=O)C1CN(C(=O)/C=C/c2cc(C(F)(F)F)ccc2Cl)CCO1. The smallest absolute Gasteiger partial charge is 0.367 e. The number of rotatable bonds is 3. The fourth-order valence-corrected chi connectivity index (χ4v) is 2.32. The van der Waals surface area contributed by atoms with Gasteiger partial charge in [0.15, 0.2) is 6.10 Å². The highest BCUT2D eigenvalue weighted by molar-refractivity contribution is 6.32. The maximum atomic E-state index is 12.7. The second-order valence-corrected chi connectivity index (χ2v) is 5.52. The summed E-state index contributed by atoms with van der Waals surface area (Å²) in [6.07, 6.45) is -3.09. The summed E-state index contributed by atoms with van der Waals surface area (Å²) in [6, 6.07) is 2.84. The summed E-state index contributed by atoms with van der Waals surface area (Å²) in [6.45, 7) is 0.398. The molecule has 1 heterocycles. The number of carbonyl (C=O) groups excluding carboxylic acids is 2. The highest BCUT2D eigenvalue weighted by Crippen LogP contribution is 2.32. The van der Waals surface area contributed by atoms with Gasteiger partial charge in [0.1, 0.15) is 0 Å². The highest BCUT2D eigenvalue weighted by atomic mass is 35.5. The molecule has 1 unspecified atom stereocenters. The lowest BCUT2D eigenvalue weighted by Crippen LogP contribution is -2.50. The summed E-state index contributed by atoms with van der Waals surface area (Å²) in [5.74, 6) is -1.16. The monoisotopic (exact) mass is 362 g/mol. The molecule has 9 heteroatoms. The van der Waals surface area contributed by atoms with Gasteiger partial charge in [0, 0.05) is 17.6 Å². The van der Waals surface area contributed by atoms with Crippen LogP contribution in [0.4, 0.5) is 13.2 Å². The number of ether oxygens (including phenoxy) is 1. The van der Waals surface area contributed by atoms with Crippen molar-refractivity contribution in [2.24, 2.45) is 5.73 Å². The fraction of sp³-hybridized carbons (Fsp3) is 0.333. The van der Waals surface area contributed by atoms with E-state index in [-0.39, 0.29) is 30.3 Å². The minimum Gasteiger partial charge on any atom is -0.367 e. The lowest BCUT2D eigenvalue weighted by atomic mass is 10.1. The predicted octanol–water partition coefficient (Wildman–Crippen LogP) is 2.08. The largest absolute Gasteiger partial charge is 0.416 e. The molecule has 0 spiro atoms. The van der Waals surface area contributed by atoms with Gasteiger partial charge in [-0.1, -0.05) is 11.6 Å². The van der Waals surface area contributed by atoms with Crippen molar-refractivity contribution in [3.63, 3.8) is 0 Å². The molecule has 5 nitrogen and oxygen atoms in total. The van der Waals surface area contributed by atoms with Crippen LogP contribution in [-0.4, -0.2) is 42.5 Å². The van der Waals surface area contributed by atoms with Crippen molar-refractivity contribution in [2.45, 2.75) is 12.3 Å². The van der Waals surface area contributed by atoms with E-state index in [1.54, 1.807) is 0 Å². The van der Waals surface area contributed by atoms with Gasteiger partial charge in [0.25, 0.3) is 0 Å². The van der Waals surface area contributed by atoms with E-state index in [1.165, 1.54) is 11.0 Å². The Balaban J connectivity index is 2.12. The molecule has 1 aliphatic heterocycles. The van der Waals surface area contributed by atoms with Gasteiger partial charge in [0.05, 0.1) is 18.7 Å². The lowest BCUT2D eigenvalue weighted by molar-refractivity contribution is -0.142. The van der Waals surface area contributed by atoms with E-state index in [1.807, 2.05) is 0 Å². The van der Waals surface area contributed by atoms with Crippen molar-refractivity contribution in [1.29, 1.82) is 0 Å². The summed E-state index contributed by atoms with van der Waals surface area (Å²) in [5.41, 5.74) is 4.34. The highest BCUT2D eigenvalue weighted by Gasteiger charge is 2.31. The zero-order valence-electron chi connectivity index (χ0n) is 12.3. The van der Waals surface area contributed by atoms with Crippen LogP contribution in [0.1, 0.15) is 11.1 Å². The van der Waals surface area contributed by atoms with Crippen LogP contribution in [0.5, 0.6) is 0 Å². The number of hydrogen-bond acceptors (Lipinski definition) is 3. The first-order valence-electron chi connectivity index (χ1n) is 6.93. The third kappa shape index (κ3) is 4.48. The number of alkyl halides is 3. The quantitative estimate of drug-likeness (QED) is 0.837. The predicted molar refractivity (Wildman–Crippen MR) is 81.0 cm³/mol. The van der Waals surface area contributed by atoms with E-state index >= 15 is 0 Å². The van der Waals surface area contributed by atoms with Crippen molar-refractivity contribution >= 4 is 29.5 Å². The van der Waals surface area contributed by atoms with Crippen LogP contribution < -0.4 is 5.73 Å². The Labute approximate surface area is 140 Å². The third-order valence-electron chi connectivity index (χ3n) is 3.42. The van der Waals surface area contributed by atoms with Crippen molar-refractivity contribution in [2.75, 3.05) is 19.7 Å². The van der Waals surface area contributed by atoms with Gasteiger partial charge >= 0.3 is 6.18 Å². The normalized spacial score (nSPS) is 18.8. The Bertz CT molecular complexity index is 676. The van der Waals surface area contributed by atoms with Gasteiger partial charge < -0.3 is 15.4 Å². The third-order valence-corrected chi connectivity index (χ3v) is 3.77. The molecule has 1 aromatic carbocycles. The Morgan fingerprint density at radius 3 is 2.71 bits per heavy atom. The van der Waals surface area contributed by atoms with E-state index in [4.69, 9.17) is 22.1 Å². The average molecular weight is 363 g/mol. The molecular weight excluding hydrogens is 349 g/mol. The molecule has 1 atom stereocenters. The molecule has 0 aliphatic carbocycles. The zero-order valence-corrected chi connectivity index (χ0v) is 13.1. The Morgan fingerprint density at radius 2 is 2.08 bits per heavy atom. The Morgan fingerprint density at radius 1 is 1.38 bits per heavy atom. The van der Waals surface area contributed by atoms with Gasteiger partial charge in [-0.25, -0.2) is 0 Å². The van der Waals surface area contributed by atoms with Crippen LogP contribution in [0.15, 0.2) is 24.3 Å². The number of primary amides is 1. The molecule has 2 rings (SSSR count). The first-order valence-corrected chi connectivity index (χ1v) is 7.31. The summed E-state index contributed by atoms with van der Waals surface area (Å²) in [7, 11) is 0. The number of carbonyl (C=O) groups is 2. The standard InChI is InChI=1S/C15H14ClF3N2O3/c16-11-3-2-10(15(17,18)19)7-9(11)1-4-13(22)21-5-6-24-12(8-21)14(20)23/h1-4,7,12H,5-6,8H2,(H2,20,23)/b4-1+. The Hall–Kier alpha value is -2.06. The maximum absolute atomic E-state index is 12.7. The van der Waals surface area contributed by atoms with Gasteiger partial charge in [0.2, 0.25) is 11.8 Å². The lowest BCUT2D eigenvalue weighted by Gasteiger charge is -2.30. The van der Waals surface area contributed by atoms with Crippen LogP contribution in [0, 0.1) is 0 Å². The molecule has 0 radical (unpaired) electrons. The molecule has 1 aromatic rings. The first kappa shape index (κ1) is 18.3. The number of amides is 2. The minimum absolute atomic E-state index is 0.00513. The minimum atomic E-state index is -4.50. The zero-order chi connectivity index (χ0) is 17.9. The number of nitrogens with zero attached hydrogens (tertiary/aromatic N) is 1. The molecule has 1 saturated heterocycles. The summed E-state index contributed by atoms with van der Waals surface area (Å²) >= 11 is 5.86. The van der Waals surface area contributed by atoms with E-state index < -0.39 is 29.7 Å². The number of hydrogen-bond donors (Lipinski definition) is 1. The Kier molecular flexibility index (Phi) is 5.51. The average Bonchev–Trinajstić information content (AvgIpc) is 2.52. The van der Waals surface area contributed by atoms with Crippen molar-refractivity contribution in [3.05, 3.63) is 40.4 Å². The van der Waals surface area contributed by atoms with Crippen LogP contribution >= 0.6 is 11.6 Å². The number of halogens is 4. The number of benzene rings is 1. The van der Waals surface area contributed by atoms with Crippen LogP contribution in [0.2, 0.25) is 5.02 Å². The molecule has 0 bridgehead atoms. The van der Waals surface area contributed by atoms with Crippen LogP contribution in [0.25, 0.3) is 6.08 Å². The van der Waals surface area contributed by atoms with Gasteiger partial charge in [-0.2, -0.15) is 13.2 Å². The summed E-state index contributed by atoms with van der Waals surface area (Å²) in [4.78, 5) is 24.5. The maximum Gasteiger partial charge on any atom is 0.416 e. The molecule has 0 saturated carbocycles. The molecule has 1 aliphatic rings. The second kappa shape index (κ2) is 7.23. The summed E-state index contributed by atoms with van der Waals surface area (Å²) < 4.78 is 43.2. The topological polar surface area (TPSA) is 72.6 Å². The van der Waals surface area contributed by atoms with Gasteiger partial charge in [-0.05, 0) is 29.8 Å². The molecule has 2 amide bonds. The summed E-state index contributed by atoms with van der Waals surface area (Å²) in [5, 5.41) is 0.0871. The van der Waals surface area contributed by atoms with E-state index in [2.05, 4.69) is 0 Å². The molecule has 0 aromatic heterocycles. The van der Waals surface area contributed by atoms with Crippen molar-refractivity contribution in [1.82, 2.24) is 4.90 Å². The molecule has 1 fully saturated rings. The molecule has 130 valence electrons. The molecular formula is C15H14ClF3N2O3. The van der Waals surface area contributed by atoms with Crippen molar-refractivity contribution < 1.29 is 27.5 Å². The molecule has 2 N–H and O–H groups in total. The second-order valence-electron chi connectivity index (χ2n) is 5.11. The number of morpholine rings is 1. The van der Waals surface area contributed by atoms with Crippen molar-refractivity contribution in [3.8, 4) is 0 Å². The first-order chi connectivity index (χ1) is 11.2. The van der Waals surface area contributed by atoms with Gasteiger partial charge in [-0.15, -0.1) is 0 Å². The molecule has 24 heavy (non-hydrogen) atoms. The van der Waals surface area contributed by atoms with Gasteiger partial charge in [-0.3, -0.25) is 9.59 Å². The fourth-order valence-electron chi connectivity index (χ4n) is 2.14. The van der Waals surface area contributed by atoms with Crippen LogP contribution in [-0.2, 0) is 20.5 Å². The van der Waals surface area contributed by atoms with E-state index in [0.29, 0.717) is 0 Å². The van der Waals surface area contributed by atoms with Crippen LogP contribution in [0.3, 0.4) is 0 Å². The van der Waals surface area contributed by atoms with E-state index in [9.17, 15) is 22.8 Å².